The van der Waals surface area contributed by atoms with Gasteiger partial charge in [-0.25, -0.2) is 4.98 Å². The Balaban J connectivity index is 1.17. The zero-order chi connectivity index (χ0) is 20.9. The number of halogens is 2. The number of amides is 1. The van der Waals surface area contributed by atoms with Gasteiger partial charge in [0.2, 0.25) is 0 Å². The summed E-state index contributed by atoms with van der Waals surface area (Å²) in [6.45, 7) is 3.62. The summed E-state index contributed by atoms with van der Waals surface area (Å²) in [5.41, 5.74) is 0.772. The number of aromatic nitrogens is 1. The van der Waals surface area contributed by atoms with Crippen LogP contribution in [0.25, 0.3) is 10.2 Å². The molecule has 0 atom stereocenters. The van der Waals surface area contributed by atoms with Crippen LogP contribution >= 0.6 is 34.5 Å². The summed E-state index contributed by atoms with van der Waals surface area (Å²) < 4.78 is 6.72. The number of hydrogen-bond acceptors (Lipinski definition) is 5. The molecule has 0 saturated carbocycles. The van der Waals surface area contributed by atoms with E-state index in [1.807, 2.05) is 36.4 Å². The fourth-order valence-corrected chi connectivity index (χ4v) is 4.70. The predicted molar refractivity (Wildman–Crippen MR) is 123 cm³/mol. The lowest BCUT2D eigenvalue weighted by molar-refractivity contribution is 0.0909. The standard InChI is InChI=1S/C22H23Cl2N3O2S/c23-15-2-5-18(6-3-15)29-13-1-10-27-11-8-17(9-12-27)25-21(28)22-26-19-14-16(24)4-7-20(19)30-22/h2-7,14,17H,1,8-13H2,(H,25,28). The van der Waals surface area contributed by atoms with Crippen molar-refractivity contribution in [2.75, 3.05) is 26.2 Å². The average molecular weight is 464 g/mol. The number of thiazole rings is 1. The zero-order valence-electron chi connectivity index (χ0n) is 16.4. The summed E-state index contributed by atoms with van der Waals surface area (Å²) in [6.07, 6.45) is 2.86. The highest BCUT2D eigenvalue weighted by molar-refractivity contribution is 7.20. The minimum absolute atomic E-state index is 0.0952. The van der Waals surface area contributed by atoms with E-state index in [9.17, 15) is 4.79 Å². The van der Waals surface area contributed by atoms with E-state index in [0.29, 0.717) is 21.7 Å². The predicted octanol–water partition coefficient (Wildman–Crippen LogP) is 5.27. The highest BCUT2D eigenvalue weighted by Gasteiger charge is 2.22. The summed E-state index contributed by atoms with van der Waals surface area (Å²) in [5.74, 6) is 0.750. The Morgan fingerprint density at radius 3 is 2.63 bits per heavy atom. The van der Waals surface area contributed by atoms with Crippen LogP contribution in [0.4, 0.5) is 0 Å². The maximum absolute atomic E-state index is 12.6. The average Bonchev–Trinajstić information content (AvgIpc) is 3.17. The first-order chi connectivity index (χ1) is 14.6. The molecule has 0 aliphatic carbocycles. The molecule has 1 aliphatic rings. The summed E-state index contributed by atoms with van der Waals surface area (Å²) in [6, 6.07) is 13.1. The maximum Gasteiger partial charge on any atom is 0.280 e. The molecule has 1 saturated heterocycles. The van der Waals surface area contributed by atoms with Crippen molar-refractivity contribution < 1.29 is 9.53 Å². The number of carbonyl (C=O) groups is 1. The van der Waals surface area contributed by atoms with Gasteiger partial charge in [0, 0.05) is 35.7 Å². The molecule has 4 rings (SSSR count). The molecule has 30 heavy (non-hydrogen) atoms. The van der Waals surface area contributed by atoms with Gasteiger partial charge in [0.1, 0.15) is 5.75 Å². The minimum atomic E-state index is -0.0952. The molecule has 2 aromatic carbocycles. The van der Waals surface area contributed by atoms with Crippen molar-refractivity contribution in [3.63, 3.8) is 0 Å². The SMILES string of the molecule is O=C(NC1CCN(CCCOc2ccc(Cl)cc2)CC1)c1nc2cc(Cl)ccc2s1. The van der Waals surface area contributed by atoms with Gasteiger partial charge >= 0.3 is 0 Å². The number of nitrogens with zero attached hydrogens (tertiary/aromatic N) is 2. The Morgan fingerprint density at radius 1 is 1.13 bits per heavy atom. The fourth-order valence-electron chi connectivity index (χ4n) is 3.55. The van der Waals surface area contributed by atoms with Gasteiger partial charge in [-0.2, -0.15) is 0 Å². The minimum Gasteiger partial charge on any atom is -0.494 e. The molecule has 2 heterocycles. The van der Waals surface area contributed by atoms with Gasteiger partial charge in [0.05, 0.1) is 16.8 Å². The van der Waals surface area contributed by atoms with Crippen LogP contribution in [0.3, 0.4) is 0 Å². The molecule has 0 unspecified atom stereocenters. The highest BCUT2D eigenvalue weighted by atomic mass is 35.5. The third-order valence-electron chi connectivity index (χ3n) is 5.17. The molecular formula is C22H23Cl2N3O2S. The van der Waals surface area contributed by atoms with Crippen molar-refractivity contribution in [2.45, 2.75) is 25.3 Å². The van der Waals surface area contributed by atoms with Crippen molar-refractivity contribution in [2.24, 2.45) is 0 Å². The van der Waals surface area contributed by atoms with Crippen LogP contribution in [-0.4, -0.2) is 48.1 Å². The van der Waals surface area contributed by atoms with Crippen LogP contribution in [0, 0.1) is 0 Å². The van der Waals surface area contributed by atoms with E-state index in [0.717, 1.165) is 54.9 Å². The topological polar surface area (TPSA) is 54.5 Å². The Hall–Kier alpha value is -1.86. The van der Waals surface area contributed by atoms with Crippen LogP contribution in [0.1, 0.15) is 29.1 Å². The molecule has 1 fully saturated rings. The van der Waals surface area contributed by atoms with Crippen LogP contribution in [-0.2, 0) is 0 Å². The molecule has 5 nitrogen and oxygen atoms in total. The van der Waals surface area contributed by atoms with Gasteiger partial charge in [-0.3, -0.25) is 4.79 Å². The van der Waals surface area contributed by atoms with Crippen LogP contribution < -0.4 is 10.1 Å². The second kappa shape index (κ2) is 9.96. The van der Waals surface area contributed by atoms with E-state index in [4.69, 9.17) is 27.9 Å². The third kappa shape index (κ3) is 5.64. The lowest BCUT2D eigenvalue weighted by Gasteiger charge is -2.32. The van der Waals surface area contributed by atoms with E-state index in [1.165, 1.54) is 11.3 Å². The Morgan fingerprint density at radius 2 is 1.87 bits per heavy atom. The number of likely N-dealkylation sites (tertiary alicyclic amines) is 1. The molecule has 1 aromatic heterocycles. The second-order valence-corrected chi connectivity index (χ2v) is 9.28. The summed E-state index contributed by atoms with van der Waals surface area (Å²) in [5, 5.41) is 4.98. The molecule has 3 aromatic rings. The number of piperidine rings is 1. The summed E-state index contributed by atoms with van der Waals surface area (Å²) >= 11 is 13.3. The molecule has 1 N–H and O–H groups in total. The number of hydrogen-bond donors (Lipinski definition) is 1. The van der Waals surface area contributed by atoms with Crippen molar-refractivity contribution in [3.8, 4) is 5.75 Å². The fraction of sp³-hybridized carbons (Fsp3) is 0.364. The molecule has 0 radical (unpaired) electrons. The summed E-state index contributed by atoms with van der Waals surface area (Å²) in [4.78, 5) is 19.4. The van der Waals surface area contributed by atoms with Gasteiger partial charge < -0.3 is 15.0 Å². The smallest absolute Gasteiger partial charge is 0.280 e. The molecule has 0 bridgehead atoms. The number of fused-ring (bicyclic) bond motifs is 1. The van der Waals surface area contributed by atoms with Gasteiger partial charge in [-0.1, -0.05) is 23.2 Å². The van der Waals surface area contributed by atoms with E-state index in [-0.39, 0.29) is 11.9 Å². The van der Waals surface area contributed by atoms with Gasteiger partial charge in [-0.15, -0.1) is 11.3 Å². The normalized spacial score (nSPS) is 15.4. The third-order valence-corrected chi connectivity index (χ3v) is 6.69. The lowest BCUT2D eigenvalue weighted by atomic mass is 10.0. The molecule has 1 amide bonds. The highest BCUT2D eigenvalue weighted by Crippen LogP contribution is 2.25. The van der Waals surface area contributed by atoms with E-state index < -0.39 is 0 Å². The Kier molecular flexibility index (Phi) is 7.10. The Labute approximate surface area is 190 Å². The molecule has 0 spiro atoms. The molecular weight excluding hydrogens is 441 g/mol. The quantitative estimate of drug-likeness (QED) is 0.485. The maximum atomic E-state index is 12.6. The number of rotatable bonds is 7. The van der Waals surface area contributed by atoms with Crippen molar-refractivity contribution in [1.82, 2.24) is 15.2 Å². The van der Waals surface area contributed by atoms with Crippen molar-refractivity contribution in [3.05, 3.63) is 57.5 Å². The summed E-state index contributed by atoms with van der Waals surface area (Å²) in [7, 11) is 0. The Bertz CT molecular complexity index is 1000. The van der Waals surface area contributed by atoms with Crippen molar-refractivity contribution in [1.29, 1.82) is 0 Å². The first-order valence-electron chi connectivity index (χ1n) is 10.0. The van der Waals surface area contributed by atoms with Crippen LogP contribution in [0.15, 0.2) is 42.5 Å². The number of ether oxygens (including phenoxy) is 1. The first-order valence-corrected chi connectivity index (χ1v) is 11.6. The van der Waals surface area contributed by atoms with Crippen molar-refractivity contribution >= 4 is 50.7 Å². The monoisotopic (exact) mass is 463 g/mol. The first kappa shape index (κ1) is 21.4. The van der Waals surface area contributed by atoms with Gasteiger partial charge in [0.15, 0.2) is 5.01 Å². The number of carbonyl (C=O) groups excluding carboxylic acids is 1. The molecule has 1 aliphatic heterocycles. The zero-order valence-corrected chi connectivity index (χ0v) is 18.8. The van der Waals surface area contributed by atoms with Gasteiger partial charge in [-0.05, 0) is 61.7 Å². The molecule has 8 heteroatoms. The van der Waals surface area contributed by atoms with Crippen LogP contribution in [0.2, 0.25) is 10.0 Å². The second-order valence-electron chi connectivity index (χ2n) is 7.38. The largest absolute Gasteiger partial charge is 0.494 e. The number of nitrogens with one attached hydrogen (secondary N) is 1. The van der Waals surface area contributed by atoms with E-state index in [1.54, 1.807) is 6.07 Å². The van der Waals surface area contributed by atoms with E-state index in [2.05, 4.69) is 15.2 Å². The lowest BCUT2D eigenvalue weighted by Crippen LogP contribution is -2.45. The van der Waals surface area contributed by atoms with Crippen LogP contribution in [0.5, 0.6) is 5.75 Å². The molecule has 158 valence electrons. The van der Waals surface area contributed by atoms with E-state index >= 15 is 0 Å². The number of benzene rings is 2. The van der Waals surface area contributed by atoms with Gasteiger partial charge in [0.25, 0.3) is 5.91 Å².